The van der Waals surface area contributed by atoms with Crippen LogP contribution in [0.3, 0.4) is 0 Å². The van der Waals surface area contributed by atoms with E-state index in [1.807, 2.05) is 0 Å². The normalized spacial score (nSPS) is 11.8. The monoisotopic (exact) mass is 233 g/mol. The van der Waals surface area contributed by atoms with Crippen LogP contribution in [0.25, 0.3) is 0 Å². The van der Waals surface area contributed by atoms with Gasteiger partial charge in [-0.05, 0) is 44.7 Å². The summed E-state index contributed by atoms with van der Waals surface area (Å²) in [6.45, 7) is 9.81. The zero-order valence-electron chi connectivity index (χ0n) is 11.8. The van der Waals surface area contributed by atoms with E-state index in [0.717, 1.165) is 6.54 Å². The predicted molar refractivity (Wildman–Crippen MR) is 76.3 cm³/mol. The SMILES string of the molecule is CCCCCc1ccc(CNC(C)(C)C)cc1. The van der Waals surface area contributed by atoms with Crippen molar-refractivity contribution in [2.24, 2.45) is 0 Å². The van der Waals surface area contributed by atoms with Crippen molar-refractivity contribution in [1.82, 2.24) is 5.32 Å². The topological polar surface area (TPSA) is 12.0 Å². The number of rotatable bonds is 6. The van der Waals surface area contributed by atoms with Crippen LogP contribution < -0.4 is 5.32 Å². The van der Waals surface area contributed by atoms with Crippen molar-refractivity contribution >= 4 is 0 Å². The molecule has 0 aliphatic rings. The molecule has 0 aliphatic heterocycles. The zero-order valence-corrected chi connectivity index (χ0v) is 11.8. The van der Waals surface area contributed by atoms with Crippen molar-refractivity contribution in [3.8, 4) is 0 Å². The number of benzene rings is 1. The molecule has 0 saturated heterocycles. The molecule has 0 unspecified atom stereocenters. The summed E-state index contributed by atoms with van der Waals surface area (Å²) in [5.74, 6) is 0. The van der Waals surface area contributed by atoms with E-state index in [-0.39, 0.29) is 5.54 Å². The van der Waals surface area contributed by atoms with E-state index in [4.69, 9.17) is 0 Å². The van der Waals surface area contributed by atoms with Gasteiger partial charge in [0.25, 0.3) is 0 Å². The highest BCUT2D eigenvalue weighted by Crippen LogP contribution is 2.10. The van der Waals surface area contributed by atoms with Gasteiger partial charge in [-0.2, -0.15) is 0 Å². The van der Waals surface area contributed by atoms with E-state index in [2.05, 4.69) is 57.3 Å². The highest BCUT2D eigenvalue weighted by Gasteiger charge is 2.07. The molecule has 1 rings (SSSR count). The Balaban J connectivity index is 2.39. The van der Waals surface area contributed by atoms with E-state index in [1.54, 1.807) is 0 Å². The number of nitrogens with one attached hydrogen (secondary N) is 1. The van der Waals surface area contributed by atoms with Gasteiger partial charge < -0.3 is 5.32 Å². The van der Waals surface area contributed by atoms with Gasteiger partial charge in [0.1, 0.15) is 0 Å². The van der Waals surface area contributed by atoms with Crippen molar-refractivity contribution in [2.45, 2.75) is 65.5 Å². The third-order valence-electron chi connectivity index (χ3n) is 2.91. The van der Waals surface area contributed by atoms with Crippen LogP contribution in [0.2, 0.25) is 0 Å². The molecule has 0 atom stereocenters. The fourth-order valence-corrected chi connectivity index (χ4v) is 1.77. The van der Waals surface area contributed by atoms with Crippen LogP contribution in [0.4, 0.5) is 0 Å². The maximum absolute atomic E-state index is 3.51. The third kappa shape index (κ3) is 6.48. The Morgan fingerprint density at radius 3 is 2.06 bits per heavy atom. The Kier molecular flexibility index (Phi) is 5.70. The number of hydrogen-bond donors (Lipinski definition) is 1. The second-order valence-electron chi connectivity index (χ2n) is 5.88. The molecule has 0 aliphatic carbocycles. The molecule has 1 aromatic rings. The van der Waals surface area contributed by atoms with E-state index < -0.39 is 0 Å². The minimum absolute atomic E-state index is 0.194. The van der Waals surface area contributed by atoms with Crippen molar-refractivity contribution in [1.29, 1.82) is 0 Å². The summed E-state index contributed by atoms with van der Waals surface area (Å²) < 4.78 is 0. The van der Waals surface area contributed by atoms with Crippen LogP contribution >= 0.6 is 0 Å². The van der Waals surface area contributed by atoms with Gasteiger partial charge in [-0.1, -0.05) is 44.0 Å². The lowest BCUT2D eigenvalue weighted by atomic mass is 10.0. The van der Waals surface area contributed by atoms with Gasteiger partial charge in [-0.3, -0.25) is 0 Å². The maximum Gasteiger partial charge on any atom is 0.0210 e. The summed E-state index contributed by atoms with van der Waals surface area (Å²) in [6, 6.07) is 9.05. The fraction of sp³-hybridized carbons (Fsp3) is 0.625. The molecule has 0 bridgehead atoms. The smallest absolute Gasteiger partial charge is 0.0210 e. The molecule has 96 valence electrons. The standard InChI is InChI=1S/C16H27N/c1-5-6-7-8-14-9-11-15(12-10-14)13-17-16(2,3)4/h9-12,17H,5-8,13H2,1-4H3. The van der Waals surface area contributed by atoms with Crippen molar-refractivity contribution in [2.75, 3.05) is 0 Å². The second-order valence-corrected chi connectivity index (χ2v) is 5.88. The molecule has 1 nitrogen and oxygen atoms in total. The summed E-state index contributed by atoms with van der Waals surface area (Å²) in [5.41, 5.74) is 3.04. The Bertz CT molecular complexity index is 305. The first-order valence-electron chi connectivity index (χ1n) is 6.84. The fourth-order valence-electron chi connectivity index (χ4n) is 1.77. The molecule has 0 saturated carbocycles. The summed E-state index contributed by atoms with van der Waals surface area (Å²) in [6.07, 6.45) is 5.18. The van der Waals surface area contributed by atoms with E-state index in [0.29, 0.717) is 0 Å². The number of aryl methyl sites for hydroxylation is 1. The number of hydrogen-bond acceptors (Lipinski definition) is 1. The Morgan fingerprint density at radius 1 is 0.941 bits per heavy atom. The minimum atomic E-state index is 0.194. The molecule has 1 heteroatoms. The van der Waals surface area contributed by atoms with Crippen LogP contribution in [0.5, 0.6) is 0 Å². The first-order chi connectivity index (χ1) is 8.01. The molecule has 1 N–H and O–H groups in total. The number of unbranched alkanes of at least 4 members (excludes halogenated alkanes) is 2. The molecule has 0 radical (unpaired) electrons. The zero-order chi connectivity index (χ0) is 12.7. The lowest BCUT2D eigenvalue weighted by Crippen LogP contribution is -2.35. The van der Waals surface area contributed by atoms with Gasteiger partial charge >= 0.3 is 0 Å². The Morgan fingerprint density at radius 2 is 1.53 bits per heavy atom. The van der Waals surface area contributed by atoms with E-state index in [1.165, 1.54) is 36.8 Å². The molecule has 0 heterocycles. The molecule has 0 fully saturated rings. The average Bonchev–Trinajstić information content (AvgIpc) is 2.27. The van der Waals surface area contributed by atoms with Crippen LogP contribution in [0, 0.1) is 0 Å². The second kappa shape index (κ2) is 6.80. The van der Waals surface area contributed by atoms with Crippen LogP contribution in [0.15, 0.2) is 24.3 Å². The minimum Gasteiger partial charge on any atom is -0.308 e. The van der Waals surface area contributed by atoms with E-state index >= 15 is 0 Å². The van der Waals surface area contributed by atoms with Crippen LogP contribution in [-0.4, -0.2) is 5.54 Å². The lowest BCUT2D eigenvalue weighted by Gasteiger charge is -2.20. The maximum atomic E-state index is 3.51. The first-order valence-corrected chi connectivity index (χ1v) is 6.84. The Labute approximate surface area is 107 Å². The third-order valence-corrected chi connectivity index (χ3v) is 2.91. The first kappa shape index (κ1) is 14.2. The van der Waals surface area contributed by atoms with Gasteiger partial charge in [0, 0.05) is 12.1 Å². The predicted octanol–water partition coefficient (Wildman–Crippen LogP) is 4.31. The summed E-state index contributed by atoms with van der Waals surface area (Å²) in [7, 11) is 0. The average molecular weight is 233 g/mol. The van der Waals surface area contributed by atoms with Gasteiger partial charge in [-0.25, -0.2) is 0 Å². The van der Waals surface area contributed by atoms with Gasteiger partial charge in [0.05, 0.1) is 0 Å². The van der Waals surface area contributed by atoms with Crippen molar-refractivity contribution in [3.05, 3.63) is 35.4 Å². The summed E-state index contributed by atoms with van der Waals surface area (Å²) >= 11 is 0. The molecule has 0 aromatic heterocycles. The van der Waals surface area contributed by atoms with E-state index in [9.17, 15) is 0 Å². The highest BCUT2D eigenvalue weighted by atomic mass is 14.9. The van der Waals surface area contributed by atoms with Crippen LogP contribution in [0.1, 0.15) is 58.1 Å². The molecule has 1 aromatic carbocycles. The largest absolute Gasteiger partial charge is 0.308 e. The molecule has 0 amide bonds. The quantitative estimate of drug-likeness (QED) is 0.722. The molecule has 17 heavy (non-hydrogen) atoms. The van der Waals surface area contributed by atoms with Gasteiger partial charge in [-0.15, -0.1) is 0 Å². The highest BCUT2D eigenvalue weighted by molar-refractivity contribution is 5.22. The summed E-state index contributed by atoms with van der Waals surface area (Å²) in [4.78, 5) is 0. The van der Waals surface area contributed by atoms with Gasteiger partial charge in [0.2, 0.25) is 0 Å². The summed E-state index contributed by atoms with van der Waals surface area (Å²) in [5, 5.41) is 3.51. The Hall–Kier alpha value is -0.820. The molecular weight excluding hydrogens is 206 g/mol. The van der Waals surface area contributed by atoms with Gasteiger partial charge in [0.15, 0.2) is 0 Å². The van der Waals surface area contributed by atoms with Crippen molar-refractivity contribution < 1.29 is 0 Å². The lowest BCUT2D eigenvalue weighted by molar-refractivity contribution is 0.424. The van der Waals surface area contributed by atoms with Crippen LogP contribution in [-0.2, 0) is 13.0 Å². The van der Waals surface area contributed by atoms with Crippen molar-refractivity contribution in [3.63, 3.8) is 0 Å². The molecular formula is C16H27N. The molecule has 0 spiro atoms.